The van der Waals surface area contributed by atoms with Crippen LogP contribution >= 0.6 is 31.9 Å². The number of halogens is 20. The van der Waals surface area contributed by atoms with Crippen LogP contribution in [0, 0.1) is 0 Å². The Hall–Kier alpha value is -1.98. The maximum atomic E-state index is 12.8. The van der Waals surface area contributed by atoms with Crippen LogP contribution in [0.4, 0.5) is 79.0 Å². The average molecular weight is 812 g/mol. The van der Waals surface area contributed by atoms with Gasteiger partial charge in [0.15, 0.2) is 0 Å². The second-order valence-electron chi connectivity index (χ2n) is 8.35. The number of benzene rings is 2. The molecule has 0 aliphatic heterocycles. The summed E-state index contributed by atoms with van der Waals surface area (Å²) in [5, 5.41) is 27.3. The third kappa shape index (κ3) is 7.20. The highest BCUT2D eigenvalue weighted by Crippen LogP contribution is 2.54. The van der Waals surface area contributed by atoms with Gasteiger partial charge in [-0.3, -0.25) is 0 Å². The number of rotatable bonds is 3. The lowest BCUT2D eigenvalue weighted by molar-refractivity contribution is -0.378. The van der Waals surface area contributed by atoms with Crippen molar-refractivity contribution in [1.29, 1.82) is 0 Å². The molecule has 0 saturated carbocycles. The summed E-state index contributed by atoms with van der Waals surface area (Å²) < 4.78 is 227. The minimum absolute atomic E-state index is 0.183. The molecule has 2 aromatic carbocycles. The molecule has 44 heavy (non-hydrogen) atoms. The molecule has 0 atom stereocenters. The van der Waals surface area contributed by atoms with Crippen LogP contribution in [0.1, 0.15) is 16.7 Å². The van der Waals surface area contributed by atoms with Crippen molar-refractivity contribution in [2.24, 2.45) is 0 Å². The second kappa shape index (κ2) is 12.0. The maximum absolute atomic E-state index is 12.8. The van der Waals surface area contributed by atoms with Crippen LogP contribution in [0.15, 0.2) is 51.4 Å². The van der Waals surface area contributed by atoms with Gasteiger partial charge in [-0.05, 0) is 30.3 Å². The molecule has 0 radical (unpaired) electrons. The van der Waals surface area contributed by atoms with Gasteiger partial charge in [-0.25, -0.2) is 0 Å². The summed E-state index contributed by atoms with van der Waals surface area (Å²) >= 11 is 5.04. The molecule has 3 nitrogen and oxygen atoms in total. The van der Waals surface area contributed by atoms with E-state index in [9.17, 15) is 79.0 Å². The molecule has 0 aliphatic carbocycles. The molecule has 0 bridgehead atoms. The molecule has 252 valence electrons. The SMILES string of the molecule is OC(c1cc(Br)cc(C(O)(C(F)(F)F)C(F)(F)F)c1)(C(F)(F)F)C(F)(F)F.OC(c1ccc(Br)cc1)(C(F)(F)F)C(F)(F)F. The molecule has 0 aliphatic rings. The minimum Gasteiger partial charge on any atom is -0.369 e. The standard InChI is InChI=1S/C12H5BrF12O2.C9H5BrF6O/c13-6-2-4(7(26,9(14,15)16)10(17,18)19)1-5(3-6)8(27,11(20,21)22)12(23,24)25;10-6-3-1-5(2-4-6)7(17,8(11,12)13)9(14,15)16/h1-3,26-27H;1-4,17H. The van der Waals surface area contributed by atoms with E-state index in [0.29, 0.717) is 16.6 Å². The van der Waals surface area contributed by atoms with Crippen LogP contribution in [0.25, 0.3) is 0 Å². The lowest BCUT2D eigenvalue weighted by Gasteiger charge is -2.36. The van der Waals surface area contributed by atoms with E-state index >= 15 is 0 Å². The lowest BCUT2D eigenvalue weighted by atomic mass is 9.85. The monoisotopic (exact) mass is 810 g/mol. The van der Waals surface area contributed by atoms with E-state index in [0.717, 1.165) is 12.1 Å². The molecule has 0 aromatic heterocycles. The van der Waals surface area contributed by atoms with Crippen molar-refractivity contribution in [2.75, 3.05) is 0 Å². The summed E-state index contributed by atoms with van der Waals surface area (Å²) in [6.07, 6.45) is -38.0. The number of hydrogen-bond acceptors (Lipinski definition) is 3. The van der Waals surface area contributed by atoms with Gasteiger partial charge in [0.2, 0.25) is 0 Å². The van der Waals surface area contributed by atoms with Gasteiger partial charge in [0.1, 0.15) is 0 Å². The molecular formula is C21H10Br2F18O3. The van der Waals surface area contributed by atoms with Gasteiger partial charge < -0.3 is 15.3 Å². The van der Waals surface area contributed by atoms with E-state index in [1.807, 2.05) is 0 Å². The fourth-order valence-corrected chi connectivity index (χ4v) is 3.92. The Labute approximate surface area is 248 Å². The largest absolute Gasteiger partial charge is 0.430 e. The van der Waals surface area contributed by atoms with Gasteiger partial charge in [0.25, 0.3) is 16.8 Å². The van der Waals surface area contributed by atoms with E-state index in [-0.39, 0.29) is 12.1 Å². The van der Waals surface area contributed by atoms with Crippen LogP contribution in [0.2, 0.25) is 0 Å². The van der Waals surface area contributed by atoms with Crippen LogP contribution in [-0.2, 0) is 16.8 Å². The Morgan fingerprint density at radius 2 is 0.568 bits per heavy atom. The fraction of sp³-hybridized carbons (Fsp3) is 0.429. The summed E-state index contributed by atoms with van der Waals surface area (Å²) in [4.78, 5) is 0. The predicted molar refractivity (Wildman–Crippen MR) is 116 cm³/mol. The van der Waals surface area contributed by atoms with E-state index < -0.39 is 81.1 Å². The first-order valence-corrected chi connectivity index (χ1v) is 11.8. The number of aliphatic hydroxyl groups is 3. The summed E-state index contributed by atoms with van der Waals surface area (Å²) in [5.74, 6) is 0. The van der Waals surface area contributed by atoms with Crippen LogP contribution in [0.5, 0.6) is 0 Å². The zero-order valence-electron chi connectivity index (χ0n) is 19.9. The molecule has 0 unspecified atom stereocenters. The molecule has 2 aromatic rings. The van der Waals surface area contributed by atoms with Gasteiger partial charge in [0.05, 0.1) is 0 Å². The van der Waals surface area contributed by atoms with Crippen molar-refractivity contribution < 1.29 is 94.3 Å². The van der Waals surface area contributed by atoms with E-state index in [4.69, 9.17) is 15.3 Å². The summed E-state index contributed by atoms with van der Waals surface area (Å²) in [6.45, 7) is 0. The Balaban J connectivity index is 0.000000488. The summed E-state index contributed by atoms with van der Waals surface area (Å²) in [6, 6.07) is 1.85. The van der Waals surface area contributed by atoms with Gasteiger partial charge in [-0.2, -0.15) is 79.0 Å². The average Bonchev–Trinajstić information content (AvgIpc) is 2.78. The molecule has 23 heteroatoms. The van der Waals surface area contributed by atoms with Gasteiger partial charge >= 0.3 is 37.1 Å². The Kier molecular flexibility index (Phi) is 10.9. The lowest BCUT2D eigenvalue weighted by Crippen LogP contribution is -2.55. The van der Waals surface area contributed by atoms with Crippen LogP contribution in [-0.4, -0.2) is 52.4 Å². The maximum Gasteiger partial charge on any atom is 0.430 e. The quantitative estimate of drug-likeness (QED) is 0.272. The normalized spacial score (nSPS) is 14.7. The van der Waals surface area contributed by atoms with Crippen molar-refractivity contribution in [3.05, 3.63) is 68.1 Å². The smallest absolute Gasteiger partial charge is 0.369 e. The first-order valence-electron chi connectivity index (χ1n) is 10.3. The first-order chi connectivity index (χ1) is 19.1. The highest BCUT2D eigenvalue weighted by molar-refractivity contribution is 9.10. The molecule has 0 fully saturated rings. The van der Waals surface area contributed by atoms with Gasteiger partial charge in [0, 0.05) is 25.6 Å². The number of alkyl halides is 18. The zero-order chi connectivity index (χ0) is 35.3. The Morgan fingerprint density at radius 3 is 0.795 bits per heavy atom. The molecule has 0 saturated heterocycles. The summed E-state index contributed by atoms with van der Waals surface area (Å²) in [7, 11) is 0. The fourth-order valence-electron chi connectivity index (χ4n) is 3.16. The van der Waals surface area contributed by atoms with Gasteiger partial charge in [-0.15, -0.1) is 0 Å². The Bertz CT molecular complexity index is 1190. The van der Waals surface area contributed by atoms with E-state index in [1.54, 1.807) is 0 Å². The van der Waals surface area contributed by atoms with Crippen molar-refractivity contribution in [3.8, 4) is 0 Å². The minimum atomic E-state index is -6.57. The number of hydrogen-bond donors (Lipinski definition) is 3. The van der Waals surface area contributed by atoms with Crippen molar-refractivity contribution in [2.45, 2.75) is 53.9 Å². The second-order valence-corrected chi connectivity index (χ2v) is 10.2. The third-order valence-electron chi connectivity index (χ3n) is 5.46. The highest BCUT2D eigenvalue weighted by atomic mass is 79.9. The van der Waals surface area contributed by atoms with Gasteiger partial charge in [-0.1, -0.05) is 44.0 Å². The molecule has 2 rings (SSSR count). The first kappa shape index (κ1) is 40.0. The predicted octanol–water partition coefficient (Wildman–Crippen LogP) is 8.83. The van der Waals surface area contributed by atoms with Crippen molar-refractivity contribution >= 4 is 31.9 Å². The molecule has 3 N–H and O–H groups in total. The van der Waals surface area contributed by atoms with Crippen molar-refractivity contribution in [1.82, 2.24) is 0 Å². The van der Waals surface area contributed by atoms with E-state index in [1.165, 1.54) is 0 Å². The Morgan fingerprint density at radius 1 is 0.341 bits per heavy atom. The highest BCUT2D eigenvalue weighted by Gasteiger charge is 2.74. The molecule has 0 spiro atoms. The molecule has 0 heterocycles. The van der Waals surface area contributed by atoms with Crippen molar-refractivity contribution in [3.63, 3.8) is 0 Å². The zero-order valence-corrected chi connectivity index (χ0v) is 23.1. The molecule has 0 amide bonds. The third-order valence-corrected chi connectivity index (χ3v) is 6.44. The summed E-state index contributed by atoms with van der Waals surface area (Å²) in [5.41, 5.74) is -22.6. The molecular weight excluding hydrogens is 802 g/mol. The van der Waals surface area contributed by atoms with Crippen LogP contribution < -0.4 is 0 Å². The topological polar surface area (TPSA) is 60.7 Å². The van der Waals surface area contributed by atoms with Crippen LogP contribution in [0.3, 0.4) is 0 Å². The van der Waals surface area contributed by atoms with E-state index in [2.05, 4.69) is 31.9 Å².